The number of halogens is 1. The van der Waals surface area contributed by atoms with Crippen LogP contribution in [0.2, 0.25) is 0 Å². The first-order valence-corrected chi connectivity index (χ1v) is 5.44. The highest BCUT2D eigenvalue weighted by molar-refractivity contribution is 9.09. The standard InChI is InChI=1S/C7H11BrN2S/c1-6(5-8)10(2)7-9-3-4-11-7/h3-4,6H,5H2,1-2H3. The minimum Gasteiger partial charge on any atom is -0.348 e. The third-order valence-electron chi connectivity index (χ3n) is 1.61. The lowest BCUT2D eigenvalue weighted by Crippen LogP contribution is -2.29. The molecule has 4 heteroatoms. The van der Waals surface area contributed by atoms with Crippen LogP contribution in [-0.4, -0.2) is 23.4 Å². The molecule has 1 atom stereocenters. The van der Waals surface area contributed by atoms with E-state index in [4.69, 9.17) is 0 Å². The first-order chi connectivity index (χ1) is 5.25. The van der Waals surface area contributed by atoms with Gasteiger partial charge in [-0.05, 0) is 6.92 Å². The van der Waals surface area contributed by atoms with Gasteiger partial charge in [-0.25, -0.2) is 4.98 Å². The number of alkyl halides is 1. The van der Waals surface area contributed by atoms with Crippen LogP contribution in [0.5, 0.6) is 0 Å². The van der Waals surface area contributed by atoms with Crippen LogP contribution in [0.25, 0.3) is 0 Å². The molecule has 62 valence electrons. The van der Waals surface area contributed by atoms with Gasteiger partial charge in [0.15, 0.2) is 5.13 Å². The predicted octanol–water partition coefficient (Wildman–Crippen LogP) is 2.36. The summed E-state index contributed by atoms with van der Waals surface area (Å²) in [5, 5.41) is 4.05. The zero-order valence-corrected chi connectivity index (χ0v) is 9.02. The van der Waals surface area contributed by atoms with E-state index < -0.39 is 0 Å². The van der Waals surface area contributed by atoms with E-state index in [0.29, 0.717) is 6.04 Å². The summed E-state index contributed by atoms with van der Waals surface area (Å²) in [6.07, 6.45) is 1.83. The van der Waals surface area contributed by atoms with Crippen molar-refractivity contribution >= 4 is 32.4 Å². The lowest BCUT2D eigenvalue weighted by atomic mass is 10.4. The quantitative estimate of drug-likeness (QED) is 0.747. The summed E-state index contributed by atoms with van der Waals surface area (Å²) < 4.78 is 0. The van der Waals surface area contributed by atoms with Crippen molar-refractivity contribution in [3.8, 4) is 0 Å². The van der Waals surface area contributed by atoms with E-state index in [1.165, 1.54) is 0 Å². The number of hydrogen-bond acceptors (Lipinski definition) is 3. The summed E-state index contributed by atoms with van der Waals surface area (Å²) in [6.45, 7) is 2.16. The maximum Gasteiger partial charge on any atom is 0.185 e. The minimum absolute atomic E-state index is 0.501. The van der Waals surface area contributed by atoms with Crippen molar-refractivity contribution in [1.29, 1.82) is 0 Å². The molecule has 2 nitrogen and oxygen atoms in total. The Morgan fingerprint density at radius 2 is 2.55 bits per heavy atom. The Bertz CT molecular complexity index is 200. The first kappa shape index (κ1) is 9.00. The van der Waals surface area contributed by atoms with Gasteiger partial charge < -0.3 is 4.90 Å². The molecule has 1 unspecified atom stereocenters. The fraction of sp³-hybridized carbons (Fsp3) is 0.571. The van der Waals surface area contributed by atoms with Gasteiger partial charge in [-0.15, -0.1) is 11.3 Å². The van der Waals surface area contributed by atoms with Gasteiger partial charge >= 0.3 is 0 Å². The van der Waals surface area contributed by atoms with Crippen LogP contribution in [0.1, 0.15) is 6.92 Å². The van der Waals surface area contributed by atoms with E-state index in [0.717, 1.165) is 10.5 Å². The normalized spacial score (nSPS) is 13.0. The monoisotopic (exact) mass is 234 g/mol. The molecule has 0 aliphatic carbocycles. The average molecular weight is 235 g/mol. The Morgan fingerprint density at radius 3 is 3.00 bits per heavy atom. The molecule has 1 aromatic rings. The van der Waals surface area contributed by atoms with E-state index in [1.807, 2.05) is 11.6 Å². The molecule has 1 heterocycles. The van der Waals surface area contributed by atoms with Crippen LogP contribution in [0, 0.1) is 0 Å². The second-order valence-electron chi connectivity index (χ2n) is 2.43. The SMILES string of the molecule is CC(CBr)N(C)c1nccs1. The number of anilines is 1. The van der Waals surface area contributed by atoms with Crippen molar-refractivity contribution < 1.29 is 0 Å². The van der Waals surface area contributed by atoms with E-state index in [2.05, 4.69) is 39.8 Å². The predicted molar refractivity (Wildman–Crippen MR) is 53.8 cm³/mol. The molecular weight excluding hydrogens is 224 g/mol. The molecule has 0 aromatic carbocycles. The molecule has 0 N–H and O–H groups in total. The van der Waals surface area contributed by atoms with Crippen molar-refractivity contribution in [1.82, 2.24) is 4.98 Å². The average Bonchev–Trinajstić information content (AvgIpc) is 2.53. The van der Waals surface area contributed by atoms with E-state index in [-0.39, 0.29) is 0 Å². The van der Waals surface area contributed by atoms with Crippen molar-refractivity contribution in [2.75, 3.05) is 17.3 Å². The van der Waals surface area contributed by atoms with Gasteiger partial charge in [-0.1, -0.05) is 15.9 Å². The third kappa shape index (κ3) is 2.17. The summed E-state index contributed by atoms with van der Waals surface area (Å²) >= 11 is 5.10. The Balaban J connectivity index is 2.62. The Kier molecular flexibility index (Phi) is 3.33. The fourth-order valence-electron chi connectivity index (χ4n) is 0.682. The Labute approximate surface area is 79.4 Å². The largest absolute Gasteiger partial charge is 0.348 e. The van der Waals surface area contributed by atoms with E-state index in [1.54, 1.807) is 11.3 Å². The number of nitrogens with zero attached hydrogens (tertiary/aromatic N) is 2. The van der Waals surface area contributed by atoms with Gasteiger partial charge in [0.05, 0.1) is 0 Å². The molecule has 0 spiro atoms. The van der Waals surface area contributed by atoms with Crippen LogP contribution in [-0.2, 0) is 0 Å². The van der Waals surface area contributed by atoms with Crippen molar-refractivity contribution in [2.24, 2.45) is 0 Å². The van der Waals surface area contributed by atoms with Crippen molar-refractivity contribution in [2.45, 2.75) is 13.0 Å². The van der Waals surface area contributed by atoms with Crippen molar-refractivity contribution in [3.05, 3.63) is 11.6 Å². The first-order valence-electron chi connectivity index (χ1n) is 3.44. The molecule has 11 heavy (non-hydrogen) atoms. The van der Waals surface area contributed by atoms with E-state index >= 15 is 0 Å². The highest BCUT2D eigenvalue weighted by Crippen LogP contribution is 2.18. The summed E-state index contributed by atoms with van der Waals surface area (Å²) in [6, 6.07) is 0.501. The molecular formula is C7H11BrN2S. The second kappa shape index (κ2) is 4.07. The molecule has 1 rings (SSSR count). The molecule has 1 aromatic heterocycles. The third-order valence-corrected chi connectivity index (χ3v) is 3.40. The number of hydrogen-bond donors (Lipinski definition) is 0. The molecule has 0 aliphatic heterocycles. The second-order valence-corrected chi connectivity index (χ2v) is 3.95. The lowest BCUT2D eigenvalue weighted by molar-refractivity contribution is 0.766. The summed E-state index contributed by atoms with van der Waals surface area (Å²) in [4.78, 5) is 6.37. The fourth-order valence-corrected chi connectivity index (χ4v) is 1.83. The zero-order chi connectivity index (χ0) is 8.27. The molecule has 0 fully saturated rings. The number of rotatable bonds is 3. The van der Waals surface area contributed by atoms with Crippen LogP contribution < -0.4 is 4.90 Å². The van der Waals surface area contributed by atoms with Crippen LogP contribution >= 0.6 is 27.3 Å². The molecule has 0 amide bonds. The van der Waals surface area contributed by atoms with Crippen LogP contribution in [0.3, 0.4) is 0 Å². The molecule has 0 aliphatic rings. The Morgan fingerprint density at radius 1 is 1.82 bits per heavy atom. The van der Waals surface area contributed by atoms with Gasteiger partial charge in [-0.3, -0.25) is 0 Å². The molecule has 0 saturated heterocycles. The lowest BCUT2D eigenvalue weighted by Gasteiger charge is -2.21. The van der Waals surface area contributed by atoms with Crippen molar-refractivity contribution in [3.63, 3.8) is 0 Å². The maximum atomic E-state index is 4.21. The zero-order valence-electron chi connectivity index (χ0n) is 6.62. The summed E-state index contributed by atoms with van der Waals surface area (Å²) in [5.41, 5.74) is 0. The minimum atomic E-state index is 0.501. The van der Waals surface area contributed by atoms with Gasteiger partial charge in [-0.2, -0.15) is 0 Å². The van der Waals surface area contributed by atoms with Gasteiger partial charge in [0, 0.05) is 30.0 Å². The smallest absolute Gasteiger partial charge is 0.185 e. The highest BCUT2D eigenvalue weighted by Gasteiger charge is 2.09. The van der Waals surface area contributed by atoms with Gasteiger partial charge in [0.1, 0.15) is 0 Å². The maximum absolute atomic E-state index is 4.21. The Hall–Kier alpha value is -0.0900. The number of aromatic nitrogens is 1. The highest BCUT2D eigenvalue weighted by atomic mass is 79.9. The van der Waals surface area contributed by atoms with Gasteiger partial charge in [0.25, 0.3) is 0 Å². The summed E-state index contributed by atoms with van der Waals surface area (Å²) in [7, 11) is 2.06. The summed E-state index contributed by atoms with van der Waals surface area (Å²) in [5.74, 6) is 0. The van der Waals surface area contributed by atoms with E-state index in [9.17, 15) is 0 Å². The topological polar surface area (TPSA) is 16.1 Å². The van der Waals surface area contributed by atoms with Crippen LogP contribution in [0.4, 0.5) is 5.13 Å². The molecule has 0 radical (unpaired) electrons. The van der Waals surface area contributed by atoms with Crippen LogP contribution in [0.15, 0.2) is 11.6 Å². The van der Waals surface area contributed by atoms with Gasteiger partial charge in [0.2, 0.25) is 0 Å². The molecule has 0 bridgehead atoms. The number of thiazole rings is 1. The molecule has 0 saturated carbocycles.